The van der Waals surface area contributed by atoms with E-state index in [2.05, 4.69) is 20.1 Å². The lowest BCUT2D eigenvalue weighted by molar-refractivity contribution is -0.384. The van der Waals surface area contributed by atoms with E-state index in [-0.39, 0.29) is 5.69 Å². The average Bonchev–Trinajstić information content (AvgIpc) is 2.82. The van der Waals surface area contributed by atoms with Crippen LogP contribution in [-0.2, 0) is 0 Å². The second-order valence-electron chi connectivity index (χ2n) is 2.93. The maximum Gasteiger partial charge on any atom is 0.296 e. The Morgan fingerprint density at radius 2 is 2.35 bits per heavy atom. The van der Waals surface area contributed by atoms with Crippen LogP contribution in [0.2, 0.25) is 0 Å². The zero-order valence-corrected chi connectivity index (χ0v) is 9.47. The second kappa shape index (κ2) is 4.70. The largest absolute Gasteiger partial charge is 0.496 e. The van der Waals surface area contributed by atoms with Gasteiger partial charge in [0.15, 0.2) is 0 Å². The van der Waals surface area contributed by atoms with Crippen LogP contribution in [0, 0.1) is 10.1 Å². The number of nitro groups is 1. The van der Waals surface area contributed by atoms with E-state index in [4.69, 9.17) is 4.74 Å². The molecule has 0 unspecified atom stereocenters. The van der Waals surface area contributed by atoms with Crippen molar-refractivity contribution in [2.24, 2.45) is 0 Å². The highest BCUT2D eigenvalue weighted by molar-refractivity contribution is 7.09. The standard InChI is InChI=1S/C8H7N5O3S/c1-16-5-2-3-6(7(4-5)13(14)15)9-8-10-11-12-17-8/h2-4H,1H3,(H,9,10,12). The van der Waals surface area contributed by atoms with Gasteiger partial charge in [0.25, 0.3) is 5.69 Å². The van der Waals surface area contributed by atoms with Crippen LogP contribution < -0.4 is 10.1 Å². The zero-order valence-electron chi connectivity index (χ0n) is 8.65. The first-order valence-electron chi connectivity index (χ1n) is 4.45. The molecule has 0 aliphatic rings. The van der Waals surface area contributed by atoms with E-state index in [9.17, 15) is 10.1 Å². The van der Waals surface area contributed by atoms with Gasteiger partial charge in [-0.2, -0.15) is 0 Å². The summed E-state index contributed by atoms with van der Waals surface area (Å²) >= 11 is 1.01. The van der Waals surface area contributed by atoms with Gasteiger partial charge in [-0.15, -0.1) is 0 Å². The number of rotatable bonds is 4. The third-order valence-corrected chi connectivity index (χ3v) is 2.45. The van der Waals surface area contributed by atoms with Crippen molar-refractivity contribution in [2.75, 3.05) is 12.4 Å². The molecule has 0 saturated heterocycles. The smallest absolute Gasteiger partial charge is 0.296 e. The molecule has 0 fully saturated rings. The molecule has 0 bridgehead atoms. The number of nitrogens with one attached hydrogen (secondary N) is 1. The van der Waals surface area contributed by atoms with Gasteiger partial charge in [-0.1, -0.05) is 9.59 Å². The quantitative estimate of drug-likeness (QED) is 0.651. The van der Waals surface area contributed by atoms with Gasteiger partial charge in [0.05, 0.1) is 18.1 Å². The molecule has 0 spiro atoms. The summed E-state index contributed by atoms with van der Waals surface area (Å²) in [5, 5.41) is 21.1. The normalized spacial score (nSPS) is 9.94. The van der Waals surface area contributed by atoms with Crippen molar-refractivity contribution >= 4 is 28.0 Å². The lowest BCUT2D eigenvalue weighted by Gasteiger charge is -2.05. The molecule has 1 heterocycles. The van der Waals surface area contributed by atoms with Crippen LogP contribution in [0.25, 0.3) is 0 Å². The zero-order chi connectivity index (χ0) is 12.3. The number of methoxy groups -OCH3 is 1. The molecule has 2 rings (SSSR count). The fourth-order valence-electron chi connectivity index (χ4n) is 1.19. The molecule has 0 amide bonds. The Labute approximate surface area is 99.5 Å². The van der Waals surface area contributed by atoms with E-state index in [0.717, 1.165) is 11.5 Å². The number of anilines is 2. The van der Waals surface area contributed by atoms with Crippen molar-refractivity contribution in [2.45, 2.75) is 0 Å². The molecule has 0 atom stereocenters. The predicted molar refractivity (Wildman–Crippen MR) is 60.6 cm³/mol. The molecule has 1 aromatic carbocycles. The maximum absolute atomic E-state index is 10.9. The molecular weight excluding hydrogens is 246 g/mol. The van der Waals surface area contributed by atoms with Crippen LogP contribution >= 0.6 is 11.5 Å². The van der Waals surface area contributed by atoms with Crippen LogP contribution in [0.15, 0.2) is 18.2 Å². The first-order chi connectivity index (χ1) is 8.20. The Morgan fingerprint density at radius 1 is 1.53 bits per heavy atom. The minimum atomic E-state index is -0.501. The third-order valence-electron chi connectivity index (χ3n) is 1.94. The van der Waals surface area contributed by atoms with Crippen LogP contribution in [0.4, 0.5) is 16.5 Å². The lowest BCUT2D eigenvalue weighted by atomic mass is 10.2. The summed E-state index contributed by atoms with van der Waals surface area (Å²) in [7, 11) is 1.45. The van der Waals surface area contributed by atoms with E-state index < -0.39 is 4.92 Å². The van der Waals surface area contributed by atoms with Crippen molar-refractivity contribution in [3.8, 4) is 5.75 Å². The van der Waals surface area contributed by atoms with Crippen molar-refractivity contribution in [3.63, 3.8) is 0 Å². The minimum absolute atomic E-state index is 0.0976. The number of nitrogens with zero attached hydrogens (tertiary/aromatic N) is 4. The number of hydrogen-bond donors (Lipinski definition) is 1. The van der Waals surface area contributed by atoms with Gasteiger partial charge >= 0.3 is 0 Å². The van der Waals surface area contributed by atoms with Crippen LogP contribution in [0.5, 0.6) is 5.75 Å². The molecule has 9 heteroatoms. The highest BCUT2D eigenvalue weighted by Crippen LogP contribution is 2.31. The number of benzene rings is 1. The fourth-order valence-corrected chi connectivity index (χ4v) is 1.57. The molecular formula is C8H7N5O3S. The molecule has 17 heavy (non-hydrogen) atoms. The Bertz CT molecular complexity index is 530. The molecule has 2 aromatic rings. The molecule has 0 aliphatic heterocycles. The summed E-state index contributed by atoms with van der Waals surface area (Å²) in [4.78, 5) is 10.4. The molecule has 1 N–H and O–H groups in total. The van der Waals surface area contributed by atoms with Gasteiger partial charge in [-0.3, -0.25) is 10.1 Å². The SMILES string of the molecule is COc1ccc(Nc2nnns2)c([N+](=O)[O-])c1. The van der Waals surface area contributed by atoms with Crippen molar-refractivity contribution in [1.29, 1.82) is 0 Å². The highest BCUT2D eigenvalue weighted by atomic mass is 32.1. The summed E-state index contributed by atoms with van der Waals surface area (Å²) in [5.41, 5.74) is 0.217. The topological polar surface area (TPSA) is 103 Å². The average molecular weight is 253 g/mol. The van der Waals surface area contributed by atoms with Crippen LogP contribution in [-0.4, -0.2) is 26.8 Å². The van der Waals surface area contributed by atoms with Gasteiger partial charge in [0.1, 0.15) is 11.4 Å². The first-order valence-corrected chi connectivity index (χ1v) is 5.22. The number of aromatic nitrogens is 3. The van der Waals surface area contributed by atoms with E-state index in [0.29, 0.717) is 16.6 Å². The number of nitro benzene ring substituents is 1. The summed E-state index contributed by atoms with van der Waals surface area (Å²) < 4.78 is 8.48. The van der Waals surface area contributed by atoms with E-state index in [1.54, 1.807) is 12.1 Å². The van der Waals surface area contributed by atoms with Crippen molar-refractivity contribution in [3.05, 3.63) is 28.3 Å². The molecule has 8 nitrogen and oxygen atoms in total. The van der Waals surface area contributed by atoms with Crippen LogP contribution in [0.1, 0.15) is 0 Å². The van der Waals surface area contributed by atoms with Crippen molar-refractivity contribution < 1.29 is 9.66 Å². The summed E-state index contributed by atoms with van der Waals surface area (Å²) in [6.45, 7) is 0. The predicted octanol–water partition coefficient (Wildman–Crippen LogP) is 1.59. The molecule has 88 valence electrons. The Kier molecular flexibility index (Phi) is 3.10. The lowest BCUT2D eigenvalue weighted by Crippen LogP contribution is -1.97. The Morgan fingerprint density at radius 3 is 2.94 bits per heavy atom. The fraction of sp³-hybridized carbons (Fsp3) is 0.125. The Hall–Kier alpha value is -2.29. The van der Waals surface area contributed by atoms with Gasteiger partial charge in [0.2, 0.25) is 5.13 Å². The molecule has 0 radical (unpaired) electrons. The van der Waals surface area contributed by atoms with Gasteiger partial charge in [0, 0.05) is 11.5 Å². The second-order valence-corrected chi connectivity index (χ2v) is 3.67. The number of hydrogen-bond acceptors (Lipinski definition) is 8. The van der Waals surface area contributed by atoms with E-state index in [1.807, 2.05) is 0 Å². The Balaban J connectivity index is 2.36. The maximum atomic E-state index is 10.9. The van der Waals surface area contributed by atoms with E-state index in [1.165, 1.54) is 13.2 Å². The van der Waals surface area contributed by atoms with Gasteiger partial charge in [-0.25, -0.2) is 0 Å². The van der Waals surface area contributed by atoms with Crippen molar-refractivity contribution in [1.82, 2.24) is 14.8 Å². The monoisotopic (exact) mass is 253 g/mol. The van der Waals surface area contributed by atoms with Gasteiger partial charge in [-0.05, 0) is 17.3 Å². The summed E-state index contributed by atoms with van der Waals surface area (Å²) in [5.74, 6) is 0.414. The molecule has 0 aliphatic carbocycles. The summed E-state index contributed by atoms with van der Waals surface area (Å²) in [6, 6.07) is 4.49. The first kappa shape index (κ1) is 11.2. The van der Waals surface area contributed by atoms with Gasteiger partial charge < -0.3 is 10.1 Å². The molecule has 1 aromatic heterocycles. The third kappa shape index (κ3) is 2.45. The minimum Gasteiger partial charge on any atom is -0.496 e. The summed E-state index contributed by atoms with van der Waals surface area (Å²) in [6.07, 6.45) is 0. The highest BCUT2D eigenvalue weighted by Gasteiger charge is 2.16. The van der Waals surface area contributed by atoms with Crippen LogP contribution in [0.3, 0.4) is 0 Å². The number of ether oxygens (including phenoxy) is 1. The molecule has 0 saturated carbocycles. The van der Waals surface area contributed by atoms with E-state index >= 15 is 0 Å².